The van der Waals surface area contributed by atoms with Crippen molar-refractivity contribution < 1.29 is 5.11 Å². The van der Waals surface area contributed by atoms with E-state index in [0.717, 1.165) is 24.2 Å². The molecule has 14 heavy (non-hydrogen) atoms. The van der Waals surface area contributed by atoms with E-state index in [2.05, 4.69) is 10.3 Å². The molecule has 0 fully saturated rings. The predicted molar refractivity (Wildman–Crippen MR) is 53.7 cm³/mol. The van der Waals surface area contributed by atoms with E-state index in [-0.39, 0.29) is 12.6 Å². The minimum Gasteiger partial charge on any atom is -0.394 e. The molecule has 0 saturated carbocycles. The topological polar surface area (TPSA) is 77.0 Å². The van der Waals surface area contributed by atoms with Crippen LogP contribution in [0.3, 0.4) is 0 Å². The first-order valence-electron chi connectivity index (χ1n) is 5.02. The van der Waals surface area contributed by atoms with Crippen LogP contribution in [0.15, 0.2) is 0 Å². The third-order valence-electron chi connectivity index (χ3n) is 2.43. The van der Waals surface area contributed by atoms with Crippen molar-refractivity contribution in [3.8, 4) is 0 Å². The largest absolute Gasteiger partial charge is 0.394 e. The molecule has 0 aliphatic rings. The fourth-order valence-corrected chi connectivity index (χ4v) is 1.54. The zero-order valence-corrected chi connectivity index (χ0v) is 8.77. The molecule has 5 heteroatoms. The quantitative estimate of drug-likeness (QED) is 0.710. The lowest BCUT2D eigenvalue weighted by Gasteiger charge is -2.14. The minimum absolute atomic E-state index is 0.0257. The van der Waals surface area contributed by atoms with Gasteiger partial charge in [0.25, 0.3) is 0 Å². The zero-order valence-electron chi connectivity index (χ0n) is 8.77. The van der Waals surface area contributed by atoms with Crippen molar-refractivity contribution in [3.63, 3.8) is 0 Å². The van der Waals surface area contributed by atoms with Crippen molar-refractivity contribution in [2.24, 2.45) is 5.73 Å². The molecule has 1 unspecified atom stereocenters. The summed E-state index contributed by atoms with van der Waals surface area (Å²) < 4.78 is 1.79. The second-order valence-electron chi connectivity index (χ2n) is 3.23. The maximum absolute atomic E-state index is 9.16. The van der Waals surface area contributed by atoms with E-state index in [1.54, 1.807) is 4.68 Å². The van der Waals surface area contributed by atoms with Gasteiger partial charge in [-0.2, -0.15) is 0 Å². The molecule has 80 valence electrons. The van der Waals surface area contributed by atoms with Gasteiger partial charge in [0.05, 0.1) is 24.0 Å². The number of rotatable bonds is 5. The van der Waals surface area contributed by atoms with Gasteiger partial charge in [0.1, 0.15) is 0 Å². The second-order valence-corrected chi connectivity index (χ2v) is 3.23. The van der Waals surface area contributed by atoms with Crippen LogP contribution in [0.1, 0.15) is 37.7 Å². The van der Waals surface area contributed by atoms with Gasteiger partial charge in [-0.15, -0.1) is 5.10 Å². The van der Waals surface area contributed by atoms with E-state index in [4.69, 9.17) is 10.8 Å². The highest BCUT2D eigenvalue weighted by molar-refractivity contribution is 5.10. The average molecular weight is 198 g/mol. The van der Waals surface area contributed by atoms with Gasteiger partial charge in [0.15, 0.2) is 0 Å². The van der Waals surface area contributed by atoms with Crippen LogP contribution in [0.2, 0.25) is 0 Å². The van der Waals surface area contributed by atoms with Gasteiger partial charge < -0.3 is 10.8 Å². The number of aliphatic hydroxyl groups excluding tert-OH is 1. The van der Waals surface area contributed by atoms with Crippen molar-refractivity contribution in [3.05, 3.63) is 11.4 Å². The molecular formula is C9H18N4O. The van der Waals surface area contributed by atoms with Crippen LogP contribution in [0.25, 0.3) is 0 Å². The highest BCUT2D eigenvalue weighted by atomic mass is 16.3. The minimum atomic E-state index is 0.0257. The molecule has 1 aromatic rings. The summed E-state index contributed by atoms with van der Waals surface area (Å²) in [5.74, 6) is 0. The number of nitrogens with zero attached hydrogens (tertiary/aromatic N) is 3. The van der Waals surface area contributed by atoms with E-state index in [9.17, 15) is 0 Å². The fourth-order valence-electron chi connectivity index (χ4n) is 1.54. The molecule has 0 radical (unpaired) electrons. The van der Waals surface area contributed by atoms with Crippen LogP contribution in [-0.2, 0) is 13.0 Å². The van der Waals surface area contributed by atoms with Crippen LogP contribution in [0.5, 0.6) is 0 Å². The first kappa shape index (κ1) is 11.1. The Morgan fingerprint density at radius 1 is 1.50 bits per heavy atom. The molecule has 0 bridgehead atoms. The first-order chi connectivity index (χ1) is 6.78. The van der Waals surface area contributed by atoms with Crippen LogP contribution in [0, 0.1) is 0 Å². The molecule has 3 N–H and O–H groups in total. The summed E-state index contributed by atoms with van der Waals surface area (Å²) in [5.41, 5.74) is 7.41. The van der Waals surface area contributed by atoms with E-state index >= 15 is 0 Å². The molecular weight excluding hydrogens is 180 g/mol. The molecule has 1 atom stereocenters. The molecule has 0 aromatic carbocycles. The van der Waals surface area contributed by atoms with Crippen molar-refractivity contribution >= 4 is 0 Å². The fraction of sp³-hybridized carbons (Fsp3) is 0.778. The lowest BCUT2D eigenvalue weighted by atomic mass is 10.2. The predicted octanol–water partition coefficient (Wildman–Crippen LogP) is 0.243. The van der Waals surface area contributed by atoms with Crippen molar-refractivity contribution in [2.75, 3.05) is 6.61 Å². The molecule has 0 saturated heterocycles. The van der Waals surface area contributed by atoms with Gasteiger partial charge in [0.2, 0.25) is 0 Å². The summed E-state index contributed by atoms with van der Waals surface area (Å²) >= 11 is 0. The molecule has 0 aliphatic carbocycles. The van der Waals surface area contributed by atoms with E-state index in [1.165, 1.54) is 0 Å². The van der Waals surface area contributed by atoms with Crippen LogP contribution in [0.4, 0.5) is 0 Å². The number of aromatic nitrogens is 3. The Labute approximate surface area is 83.9 Å². The van der Waals surface area contributed by atoms with Crippen molar-refractivity contribution in [2.45, 2.75) is 39.3 Å². The Morgan fingerprint density at radius 3 is 2.64 bits per heavy atom. The normalized spacial score (nSPS) is 13.1. The number of hydrogen-bond acceptors (Lipinski definition) is 4. The number of nitrogens with two attached hydrogens (primary N) is 1. The molecule has 1 heterocycles. The van der Waals surface area contributed by atoms with E-state index in [0.29, 0.717) is 6.54 Å². The molecule has 0 amide bonds. The van der Waals surface area contributed by atoms with Crippen LogP contribution < -0.4 is 5.73 Å². The number of hydrogen-bond donors (Lipinski definition) is 2. The molecule has 5 nitrogen and oxygen atoms in total. The van der Waals surface area contributed by atoms with Gasteiger partial charge in [-0.05, 0) is 12.8 Å². The Hall–Kier alpha value is -0.940. The van der Waals surface area contributed by atoms with Gasteiger partial charge in [0, 0.05) is 6.54 Å². The van der Waals surface area contributed by atoms with E-state index < -0.39 is 0 Å². The Kier molecular flexibility index (Phi) is 4.03. The van der Waals surface area contributed by atoms with Gasteiger partial charge in [-0.25, -0.2) is 4.68 Å². The van der Waals surface area contributed by atoms with Gasteiger partial charge >= 0.3 is 0 Å². The third kappa shape index (κ3) is 1.93. The van der Waals surface area contributed by atoms with Crippen LogP contribution >= 0.6 is 0 Å². The lowest BCUT2D eigenvalue weighted by Crippen LogP contribution is -2.17. The zero-order chi connectivity index (χ0) is 10.6. The summed E-state index contributed by atoms with van der Waals surface area (Å²) in [7, 11) is 0. The summed E-state index contributed by atoms with van der Waals surface area (Å²) in [5, 5.41) is 17.2. The summed E-state index contributed by atoms with van der Waals surface area (Å²) in [6.45, 7) is 4.56. The first-order valence-corrected chi connectivity index (χ1v) is 5.02. The molecule has 0 spiro atoms. The highest BCUT2D eigenvalue weighted by Crippen LogP contribution is 2.15. The summed E-state index contributed by atoms with van der Waals surface area (Å²) in [4.78, 5) is 0. The van der Waals surface area contributed by atoms with Crippen molar-refractivity contribution in [1.82, 2.24) is 15.0 Å². The van der Waals surface area contributed by atoms with Crippen molar-refractivity contribution in [1.29, 1.82) is 0 Å². The maximum atomic E-state index is 9.16. The Morgan fingerprint density at radius 2 is 2.21 bits per heavy atom. The Bertz CT molecular complexity index is 280. The van der Waals surface area contributed by atoms with Crippen LogP contribution in [-0.4, -0.2) is 26.7 Å². The molecule has 1 rings (SSSR count). The highest BCUT2D eigenvalue weighted by Gasteiger charge is 2.15. The van der Waals surface area contributed by atoms with Gasteiger partial charge in [-0.3, -0.25) is 0 Å². The summed E-state index contributed by atoms with van der Waals surface area (Å²) in [6, 6.07) is 0.0257. The lowest BCUT2D eigenvalue weighted by molar-refractivity contribution is 0.210. The monoisotopic (exact) mass is 198 g/mol. The standard InChI is InChI=1S/C9H18N4O/c1-3-7(6-14)13-9(4-2)8(5-10)11-12-13/h7,14H,3-6,10H2,1-2H3. The third-order valence-corrected chi connectivity index (χ3v) is 2.43. The summed E-state index contributed by atoms with van der Waals surface area (Å²) in [6.07, 6.45) is 1.69. The molecule has 1 aromatic heterocycles. The van der Waals surface area contributed by atoms with E-state index in [1.807, 2.05) is 13.8 Å². The second kappa shape index (κ2) is 5.07. The average Bonchev–Trinajstić information content (AvgIpc) is 2.62. The molecule has 0 aliphatic heterocycles. The SMILES string of the molecule is CCc1c(CN)nnn1C(CC)CO. The smallest absolute Gasteiger partial charge is 0.0994 e. The van der Waals surface area contributed by atoms with Gasteiger partial charge in [-0.1, -0.05) is 19.1 Å². The number of aliphatic hydroxyl groups is 1. The Balaban J connectivity index is 3.01. The maximum Gasteiger partial charge on any atom is 0.0994 e.